The number of rotatable bonds is 42. The molecule has 30 heteroatoms. The first-order valence-corrected chi connectivity index (χ1v) is 35.5. The highest BCUT2D eigenvalue weighted by molar-refractivity contribution is 6.12. The van der Waals surface area contributed by atoms with Crippen LogP contribution in [0.4, 0.5) is 10.5 Å². The van der Waals surface area contributed by atoms with Crippen LogP contribution in [0.2, 0.25) is 0 Å². The number of carbonyl (C=O) groups excluding carboxylic acids is 12. The van der Waals surface area contributed by atoms with Gasteiger partial charge >= 0.3 is 6.03 Å². The first kappa shape index (κ1) is 84.2. The lowest BCUT2D eigenvalue weighted by molar-refractivity contribution is -0.148. The van der Waals surface area contributed by atoms with Crippen molar-refractivity contribution in [2.24, 2.45) is 29.4 Å². The molecule has 5 unspecified atom stereocenters. The first-order valence-electron chi connectivity index (χ1n) is 35.5. The van der Waals surface area contributed by atoms with E-state index < -0.39 is 127 Å². The molecule has 12 N–H and O–H groups in total. The second kappa shape index (κ2) is 41.6. The van der Waals surface area contributed by atoms with E-state index in [0.29, 0.717) is 57.2 Å². The highest BCUT2D eigenvalue weighted by atomic mass is 16.5. The van der Waals surface area contributed by atoms with E-state index in [4.69, 9.17) is 19.9 Å². The summed E-state index contributed by atoms with van der Waals surface area (Å²) < 4.78 is 17.8. The van der Waals surface area contributed by atoms with Gasteiger partial charge in [0.25, 0.3) is 17.7 Å². The molecule has 0 saturated carbocycles. The molecular formula is C72H111N13O17. The number of amides is 13. The fourth-order valence-corrected chi connectivity index (χ4v) is 13.3. The summed E-state index contributed by atoms with van der Waals surface area (Å²) in [6.45, 7) is 13.3. The Kier molecular flexibility index (Phi) is 34.4. The number of likely N-dealkylation sites (tertiary alicyclic amines) is 1. The Hall–Kier alpha value is -8.42. The number of nitrogens with two attached hydrogens (primary N) is 1. The molecule has 566 valence electrons. The molecule has 5 rings (SSSR count). The lowest BCUT2D eigenvalue weighted by Gasteiger charge is -2.41. The number of hydrogen-bond donors (Lipinski definition) is 11. The number of urea groups is 1. The van der Waals surface area contributed by atoms with Crippen LogP contribution in [0.1, 0.15) is 124 Å². The zero-order valence-corrected chi connectivity index (χ0v) is 61.2. The summed E-state index contributed by atoms with van der Waals surface area (Å²) >= 11 is 0. The predicted octanol–water partition coefficient (Wildman–Crippen LogP) is 0.799. The molecule has 0 spiro atoms. The molecule has 0 bridgehead atoms. The number of hydrogen-bond acceptors (Lipinski definition) is 18. The van der Waals surface area contributed by atoms with Gasteiger partial charge in [0.15, 0.2) is 6.10 Å². The predicted molar refractivity (Wildman–Crippen MR) is 379 cm³/mol. The molecule has 13 amide bonds. The number of aliphatic hydroxyl groups excluding tert-OH is 2. The van der Waals surface area contributed by atoms with Crippen LogP contribution in [0.15, 0.2) is 66.7 Å². The van der Waals surface area contributed by atoms with Gasteiger partial charge in [0.05, 0.1) is 49.2 Å². The molecule has 0 radical (unpaired) electrons. The minimum Gasteiger partial charge on any atom is -0.388 e. The molecule has 102 heavy (non-hydrogen) atoms. The van der Waals surface area contributed by atoms with E-state index in [1.54, 1.807) is 48.0 Å². The number of ether oxygens (including phenoxy) is 3. The molecule has 3 heterocycles. The van der Waals surface area contributed by atoms with Crippen LogP contribution < -0.4 is 48.3 Å². The maximum atomic E-state index is 14.6. The summed E-state index contributed by atoms with van der Waals surface area (Å²) in [5.74, 6) is -6.45. The number of likely N-dealkylation sites (N-methyl/N-ethyl adjacent to an activating group) is 2. The standard InChI is InChI=1S/C72H111N13O17/c1-13-44(6)61(83(10)71(98)59(42(2)3)81-69(96)60(43(4)5)82(8)9)52(100-11)39-58(90)84-37-21-25-51(84)64(101-12)45(7)66(93)80-50(38-47-22-16-14-17-23-47)67(94)74-35-33-46-27-29-48(30-28-46)78-68(95)49(24-20-34-75-72(73)99)79-55(87)41-77-70(97)65-63(92)62(91)53(102-65)40-76-54(86)26-18-15-19-36-85-56(88)31-32-57(85)89/h14,16-17,22-23,27-32,42-45,49-53,59-65,91-92H,13,15,18-21,24-26,33-41H2,1-12H3,(H,74,94)(H,76,86)(H,77,97)(H,78,95)(H,79,87)(H,80,93)(H,81,96)(H3,73,75,99)/t44-,45+,49+,50?,51-,52+,53+,59?,60-,61-,62?,63?,64+,65?/m0/s1. The molecule has 2 fully saturated rings. The summed E-state index contributed by atoms with van der Waals surface area (Å²) in [6, 6.07) is 10.6. The second-order valence-corrected chi connectivity index (χ2v) is 27.6. The van der Waals surface area contributed by atoms with Crippen LogP contribution in [0, 0.1) is 23.7 Å². The van der Waals surface area contributed by atoms with Gasteiger partial charge < -0.3 is 82.5 Å². The normalized spacial score (nSPS) is 20.0. The summed E-state index contributed by atoms with van der Waals surface area (Å²) in [5, 5.41) is 43.0. The van der Waals surface area contributed by atoms with Crippen molar-refractivity contribution in [1.82, 2.24) is 56.8 Å². The molecule has 3 aliphatic heterocycles. The van der Waals surface area contributed by atoms with E-state index in [0.717, 1.165) is 16.0 Å². The van der Waals surface area contributed by atoms with Crippen LogP contribution >= 0.6 is 0 Å². The first-order chi connectivity index (χ1) is 48.4. The van der Waals surface area contributed by atoms with Gasteiger partial charge in [0.2, 0.25) is 47.3 Å². The lowest BCUT2D eigenvalue weighted by Crippen LogP contribution is -2.59. The van der Waals surface area contributed by atoms with Gasteiger partial charge in [-0.1, -0.05) is 104 Å². The zero-order chi connectivity index (χ0) is 75.5. The minimum absolute atomic E-state index is 0.0123. The Morgan fingerprint density at radius 3 is 1.99 bits per heavy atom. The lowest BCUT2D eigenvalue weighted by atomic mass is 9.89. The van der Waals surface area contributed by atoms with E-state index in [2.05, 4.69) is 42.5 Å². The number of anilines is 1. The van der Waals surface area contributed by atoms with Crippen LogP contribution in [-0.2, 0) is 79.8 Å². The molecule has 2 saturated heterocycles. The molecular weight excluding hydrogens is 1320 g/mol. The molecule has 14 atom stereocenters. The second-order valence-electron chi connectivity index (χ2n) is 27.6. The van der Waals surface area contributed by atoms with Gasteiger partial charge in [0, 0.05) is 84.7 Å². The molecule has 2 aromatic rings. The maximum Gasteiger partial charge on any atom is 0.312 e. The number of primary amides is 1. The smallest absolute Gasteiger partial charge is 0.312 e. The van der Waals surface area contributed by atoms with E-state index in [1.165, 1.54) is 26.4 Å². The minimum atomic E-state index is -1.71. The highest BCUT2D eigenvalue weighted by Gasteiger charge is 2.47. The van der Waals surface area contributed by atoms with Crippen molar-refractivity contribution in [3.8, 4) is 0 Å². The number of imide groups is 1. The maximum absolute atomic E-state index is 14.6. The van der Waals surface area contributed by atoms with Gasteiger partial charge in [-0.05, 0) is 100 Å². The summed E-state index contributed by atoms with van der Waals surface area (Å²) in [6.07, 6.45) is -1.11. The molecule has 0 aromatic heterocycles. The number of benzene rings is 2. The third-order valence-corrected chi connectivity index (χ3v) is 19.1. The van der Waals surface area contributed by atoms with E-state index in [-0.39, 0.29) is 106 Å². The van der Waals surface area contributed by atoms with Crippen LogP contribution in [0.25, 0.3) is 0 Å². The van der Waals surface area contributed by atoms with Crippen molar-refractivity contribution in [3.63, 3.8) is 0 Å². The number of nitrogens with zero attached hydrogens (tertiary/aromatic N) is 4. The van der Waals surface area contributed by atoms with Crippen molar-refractivity contribution in [1.29, 1.82) is 0 Å². The third-order valence-electron chi connectivity index (χ3n) is 19.1. The van der Waals surface area contributed by atoms with E-state index >= 15 is 0 Å². The number of unbranched alkanes of at least 4 members (excludes halogenated alkanes) is 2. The average molecular weight is 1430 g/mol. The SMILES string of the molecule is CC[C@H](C)[C@@H]([C@@H](CC(=O)N1CCC[C@H]1[C@H](OC)[C@@H](C)C(=O)NC(Cc1ccccc1)C(=O)NCCc1ccc(NC(=O)[C@@H](CCCNC(N)=O)NC(=O)CNC(=O)C2O[C@H](CNC(=O)CCCCCN3C(=O)C=CC3=O)C(O)C2O)cc1)OC)N(C)C(=O)C(NC(=O)[C@H](C(C)C)N(C)C)C(C)C. The molecule has 30 nitrogen and oxygen atoms in total. The molecule has 3 aliphatic rings. The summed E-state index contributed by atoms with van der Waals surface area (Å²) in [7, 11) is 8.37. The van der Waals surface area contributed by atoms with Crippen LogP contribution in [-0.4, -0.2) is 248 Å². The van der Waals surface area contributed by atoms with Crippen LogP contribution in [0.5, 0.6) is 0 Å². The topological polar surface area (TPSA) is 408 Å². The fraction of sp³-hybridized carbons (Fsp3) is 0.639. The van der Waals surface area contributed by atoms with Gasteiger partial charge in [-0.2, -0.15) is 0 Å². The van der Waals surface area contributed by atoms with Crippen molar-refractivity contribution < 1.29 is 82.0 Å². The van der Waals surface area contributed by atoms with E-state index in [9.17, 15) is 67.7 Å². The largest absolute Gasteiger partial charge is 0.388 e. The van der Waals surface area contributed by atoms with Gasteiger partial charge in [-0.3, -0.25) is 62.5 Å². The summed E-state index contributed by atoms with van der Waals surface area (Å²) in [4.78, 5) is 165. The Balaban J connectivity index is 1.15. The Morgan fingerprint density at radius 1 is 0.706 bits per heavy atom. The van der Waals surface area contributed by atoms with E-state index in [1.807, 2.05) is 90.9 Å². The molecule has 0 aliphatic carbocycles. The summed E-state index contributed by atoms with van der Waals surface area (Å²) in [5.41, 5.74) is 7.13. The quantitative estimate of drug-likeness (QED) is 0.0323. The molecule has 2 aromatic carbocycles. The Labute approximate surface area is 598 Å². The fourth-order valence-electron chi connectivity index (χ4n) is 13.3. The monoisotopic (exact) mass is 1430 g/mol. The van der Waals surface area contributed by atoms with Crippen LogP contribution in [0.3, 0.4) is 0 Å². The number of aliphatic hydroxyl groups is 2. The number of nitrogens with one attached hydrogen (secondary N) is 8. The van der Waals surface area contributed by atoms with Crippen molar-refractivity contribution >= 4 is 76.7 Å². The average Bonchev–Trinajstić information content (AvgIpc) is 1.42. The van der Waals surface area contributed by atoms with Gasteiger partial charge in [-0.25, -0.2) is 4.79 Å². The number of methoxy groups -OCH3 is 2. The van der Waals surface area contributed by atoms with Gasteiger partial charge in [-0.15, -0.1) is 0 Å². The zero-order valence-electron chi connectivity index (χ0n) is 61.2. The highest BCUT2D eigenvalue weighted by Crippen LogP contribution is 2.31. The Bertz CT molecular complexity index is 3150. The van der Waals surface area contributed by atoms with Gasteiger partial charge in [0.1, 0.15) is 36.4 Å². The van der Waals surface area contributed by atoms with Crippen molar-refractivity contribution in [2.45, 2.75) is 198 Å². The number of carbonyl (C=O) groups is 12. The Morgan fingerprint density at radius 2 is 1.38 bits per heavy atom. The van der Waals surface area contributed by atoms with Crippen molar-refractivity contribution in [3.05, 3.63) is 77.9 Å². The van der Waals surface area contributed by atoms with Crippen molar-refractivity contribution in [2.75, 3.05) is 79.9 Å². The third kappa shape index (κ3) is 24.9.